The van der Waals surface area contributed by atoms with Crippen LogP contribution in [0, 0.1) is 0 Å². The normalized spacial score (nSPS) is 5.43. The first-order chi connectivity index (χ1) is 5.20. The molecule has 0 heterocycles. The Hall–Kier alpha value is 2.72. The Morgan fingerprint density at radius 3 is 0.857 bits per heavy atom. The van der Waals surface area contributed by atoms with E-state index in [2.05, 4.69) is 0 Å². The Kier molecular flexibility index (Phi) is 53.3. The molecule has 0 saturated heterocycles. The molecule has 74 valence electrons. The molecule has 0 unspecified atom stereocenters. The average Bonchev–Trinajstić information content (AvgIpc) is 1.54. The smallest absolute Gasteiger partial charge is 2.00 e. The van der Waals surface area contributed by atoms with E-state index in [1.807, 2.05) is 0 Å². The summed E-state index contributed by atoms with van der Waals surface area (Å²) in [6, 6.07) is 0. The molecule has 0 amide bonds. The molecule has 0 spiro atoms. The zero-order chi connectivity index (χ0) is 10.7. The van der Waals surface area contributed by atoms with Crippen LogP contribution in [0.5, 0.6) is 0 Å². The van der Waals surface area contributed by atoms with Gasteiger partial charge in [-0.1, -0.05) is 0 Å². The predicted octanol–water partition coefficient (Wildman–Crippen LogP) is -6.12. The van der Waals surface area contributed by atoms with Crippen LogP contribution >= 0.6 is 0 Å². The van der Waals surface area contributed by atoms with Gasteiger partial charge in [0.05, 0.1) is 0 Å². The largest absolute Gasteiger partial charge is 2.00 e. The molecule has 14 heavy (non-hydrogen) atoms. The number of hydrogen-bond acceptors (Lipinski definition) is 9. The van der Waals surface area contributed by atoms with Gasteiger partial charge in [-0.15, -0.1) is 0 Å². The third-order valence-electron chi connectivity index (χ3n) is 0. The summed E-state index contributed by atoms with van der Waals surface area (Å²) < 4.78 is 77.4. The van der Waals surface area contributed by atoms with Crippen LogP contribution in [0.4, 0.5) is 0 Å². The van der Waals surface area contributed by atoms with Crippen molar-refractivity contribution in [2.24, 2.45) is 0 Å². The van der Waals surface area contributed by atoms with E-state index in [-0.39, 0.29) is 50.4 Å². The van der Waals surface area contributed by atoms with E-state index in [9.17, 15) is 0 Å². The molecule has 14 heteroatoms. The van der Waals surface area contributed by atoms with Crippen molar-refractivity contribution >= 4 is 50.4 Å². The molecular weight excluding hydrogens is 609 g/mol. The summed E-state index contributed by atoms with van der Waals surface area (Å²) in [5, 5.41) is 0. The molecule has 0 atom stereocenters. The summed E-state index contributed by atoms with van der Waals surface area (Å²) in [5.74, 6) is 0. The van der Waals surface area contributed by atoms with Gasteiger partial charge in [0.15, 0.2) is 0 Å². The summed E-state index contributed by atoms with van der Waals surface area (Å²) in [6.45, 7) is 0. The maximum absolute atomic E-state index is 8.60. The second kappa shape index (κ2) is 24.8. The monoisotopic (exact) mass is 610 g/mol. The van der Waals surface area contributed by atoms with Gasteiger partial charge in [0.1, 0.15) is 0 Å². The number of rotatable bonds is 0. The van der Waals surface area contributed by atoms with Crippen LogP contribution in [0.3, 0.4) is 0 Å². The van der Waals surface area contributed by atoms with E-state index >= 15 is 0 Å². The Morgan fingerprint density at radius 1 is 0.857 bits per heavy atom. The summed E-state index contributed by atoms with van der Waals surface area (Å²) in [6.07, 6.45) is 0. The summed E-state index contributed by atoms with van der Waals surface area (Å²) in [4.78, 5) is 0. The maximum Gasteiger partial charge on any atom is 2.00 e. The van der Waals surface area contributed by atoms with Crippen molar-refractivity contribution in [1.82, 2.24) is 0 Å². The molecule has 0 aliphatic heterocycles. The number of hydrogen-bond donors (Lipinski definition) is 0. The van der Waals surface area contributed by atoms with Crippen molar-refractivity contribution in [3.8, 4) is 0 Å². The molecule has 0 bridgehead atoms. The fourth-order valence-electron chi connectivity index (χ4n) is 0. The van der Waals surface area contributed by atoms with E-state index in [4.69, 9.17) is 30.9 Å². The van der Waals surface area contributed by atoms with Gasteiger partial charge in [-0.05, 0) is 0 Å². The SMILES string of the molecule is [Mg+2].[O]=[Nb](=[O])[O-].[O]=[Nb](=[O])[O-].[O]=[Ti]([O-])[O-].[Pb+2]. The summed E-state index contributed by atoms with van der Waals surface area (Å²) >= 11 is -12.5. The van der Waals surface area contributed by atoms with E-state index < -0.39 is 56.2 Å². The Balaban J connectivity index is -0.0000000270. The van der Waals surface area contributed by atoms with Crippen LogP contribution in [0.2, 0.25) is 0 Å². The first-order valence-electron chi connectivity index (χ1n) is 1.71. The maximum atomic E-state index is 8.60. The third-order valence-corrected chi connectivity index (χ3v) is 0. The molecule has 0 aliphatic carbocycles. The quantitative estimate of drug-likeness (QED) is 0.242. The Morgan fingerprint density at radius 2 is 0.857 bits per heavy atom. The van der Waals surface area contributed by atoms with E-state index in [1.54, 1.807) is 0 Å². The summed E-state index contributed by atoms with van der Waals surface area (Å²) in [7, 11) is 0. The van der Waals surface area contributed by atoms with Gasteiger partial charge in [0.25, 0.3) is 0 Å². The van der Waals surface area contributed by atoms with E-state index in [1.165, 1.54) is 0 Å². The van der Waals surface area contributed by atoms with Gasteiger partial charge in [-0.3, -0.25) is 0 Å². The topological polar surface area (TPSA) is 178 Å². The molecule has 0 saturated carbocycles. The second-order valence-corrected chi connectivity index (χ2v) is 3.68. The minimum atomic E-state index is -4.20. The fraction of sp³-hybridized carbons (Fsp3) is 0. The fourth-order valence-corrected chi connectivity index (χ4v) is 0. The van der Waals surface area contributed by atoms with Crippen molar-refractivity contribution in [1.29, 1.82) is 0 Å². The molecule has 0 aromatic rings. The molecular formula is MgNb2O9PbTi. The van der Waals surface area contributed by atoms with E-state index in [0.29, 0.717) is 0 Å². The van der Waals surface area contributed by atoms with Gasteiger partial charge in [-0.2, -0.15) is 0 Å². The van der Waals surface area contributed by atoms with Crippen molar-refractivity contribution in [2.75, 3.05) is 0 Å². The first-order valence-corrected chi connectivity index (χ1v) is 9.01. The molecule has 0 rings (SSSR count). The van der Waals surface area contributed by atoms with Gasteiger partial charge < -0.3 is 0 Å². The molecule has 9 nitrogen and oxygen atoms in total. The standard InChI is InChI=1S/Mg.2Nb.9O.Pb.Ti/q+2;;;;;;;;4*-1;+2;. The molecule has 2 radical (unpaired) electrons. The van der Waals surface area contributed by atoms with Gasteiger partial charge in [-0.25, -0.2) is 0 Å². The van der Waals surface area contributed by atoms with Crippen molar-refractivity contribution in [3.05, 3.63) is 0 Å². The van der Waals surface area contributed by atoms with Gasteiger partial charge in [0.2, 0.25) is 0 Å². The van der Waals surface area contributed by atoms with Gasteiger partial charge >= 0.3 is 137 Å². The third kappa shape index (κ3) is 374. The van der Waals surface area contributed by atoms with Crippen LogP contribution in [-0.4, -0.2) is 50.4 Å². The Bertz CT molecular complexity index is 203. The molecule has 0 aliphatic rings. The van der Waals surface area contributed by atoms with Crippen LogP contribution in [0.25, 0.3) is 0 Å². The Labute approximate surface area is 135 Å². The summed E-state index contributed by atoms with van der Waals surface area (Å²) in [5.41, 5.74) is 0. The minimum Gasteiger partial charge on any atom is 2.00 e. The molecule has 0 N–H and O–H groups in total. The predicted molar refractivity (Wildman–Crippen MR) is 14.9 cm³/mol. The van der Waals surface area contributed by atoms with Crippen LogP contribution in [-0.2, 0) is 72.5 Å². The van der Waals surface area contributed by atoms with Crippen LogP contribution < -0.4 is 14.6 Å². The second-order valence-electron chi connectivity index (χ2n) is 0.697. The molecule has 0 aromatic heterocycles. The average molecular weight is 609 g/mol. The minimum absolute atomic E-state index is 0. The zero-order valence-electron chi connectivity index (χ0n) is 6.28. The zero-order valence-corrected chi connectivity index (χ0v) is 17.5. The van der Waals surface area contributed by atoms with Gasteiger partial charge in [0, 0.05) is 0 Å². The van der Waals surface area contributed by atoms with Crippen molar-refractivity contribution < 1.29 is 87.1 Å². The molecule has 0 aromatic carbocycles. The van der Waals surface area contributed by atoms with Crippen molar-refractivity contribution in [2.45, 2.75) is 0 Å². The van der Waals surface area contributed by atoms with Crippen LogP contribution in [0.1, 0.15) is 0 Å². The van der Waals surface area contributed by atoms with E-state index in [0.717, 1.165) is 0 Å². The van der Waals surface area contributed by atoms with Crippen LogP contribution in [0.15, 0.2) is 0 Å². The van der Waals surface area contributed by atoms with Crippen molar-refractivity contribution in [3.63, 3.8) is 0 Å². The molecule has 0 fully saturated rings. The first kappa shape index (κ1) is 30.1.